The molecule has 3 heterocycles. The Morgan fingerprint density at radius 2 is 1.86 bits per heavy atom. The molecule has 4 aromatic rings. The number of hydrogen-bond donors (Lipinski definition) is 2. The van der Waals surface area contributed by atoms with Gasteiger partial charge in [-0.2, -0.15) is 0 Å². The number of rotatable bonds is 7. The molecular weight excluding hydrogens is 536 g/mol. The van der Waals surface area contributed by atoms with Crippen LogP contribution in [0.3, 0.4) is 0 Å². The van der Waals surface area contributed by atoms with E-state index in [0.29, 0.717) is 11.7 Å². The third kappa shape index (κ3) is 5.20. The van der Waals surface area contributed by atoms with Crippen LogP contribution in [0.4, 0.5) is 5.69 Å². The molecule has 0 spiro atoms. The van der Waals surface area contributed by atoms with Gasteiger partial charge in [0.05, 0.1) is 11.7 Å². The number of nitrogens with zero attached hydrogens (tertiary/aromatic N) is 2. The molecule has 36 heavy (non-hydrogen) atoms. The first-order valence-corrected chi connectivity index (χ1v) is 12.9. The lowest BCUT2D eigenvalue weighted by molar-refractivity contribution is -0.116. The summed E-state index contributed by atoms with van der Waals surface area (Å²) in [6.45, 7) is 2.41. The van der Waals surface area contributed by atoms with E-state index >= 15 is 0 Å². The van der Waals surface area contributed by atoms with E-state index in [9.17, 15) is 4.79 Å². The molecule has 8 heteroatoms. The van der Waals surface area contributed by atoms with E-state index in [0.717, 1.165) is 38.5 Å². The summed E-state index contributed by atoms with van der Waals surface area (Å²) in [6.07, 6.45) is 2.05. The van der Waals surface area contributed by atoms with Gasteiger partial charge in [-0.25, -0.2) is 0 Å². The Kier molecular flexibility index (Phi) is 7.16. The van der Waals surface area contributed by atoms with Gasteiger partial charge in [-0.1, -0.05) is 52.3 Å². The van der Waals surface area contributed by atoms with E-state index in [4.69, 9.17) is 16.6 Å². The zero-order valence-electron chi connectivity index (χ0n) is 19.6. The Balaban J connectivity index is 1.40. The number of pyridine rings is 1. The van der Waals surface area contributed by atoms with Gasteiger partial charge in [-0.05, 0) is 67.2 Å². The van der Waals surface area contributed by atoms with Crippen molar-refractivity contribution in [3.8, 4) is 11.3 Å². The monoisotopic (exact) mass is 560 g/mol. The van der Waals surface area contributed by atoms with Crippen LogP contribution in [-0.2, 0) is 4.79 Å². The number of benzene rings is 2. The molecule has 1 fully saturated rings. The maximum atomic E-state index is 12.8. The molecule has 0 aliphatic carbocycles. The average Bonchev–Trinajstić information content (AvgIpc) is 3.50. The molecular formula is C28H25BrN4O2S. The molecule has 2 aromatic heterocycles. The van der Waals surface area contributed by atoms with E-state index in [2.05, 4.69) is 31.5 Å². The summed E-state index contributed by atoms with van der Waals surface area (Å²) >= 11 is 9.20. The van der Waals surface area contributed by atoms with Crippen LogP contribution in [0.25, 0.3) is 11.3 Å². The maximum Gasteiger partial charge on any atom is 0.226 e. The topological polar surface area (TPSA) is 70.4 Å². The highest BCUT2D eigenvalue weighted by Gasteiger charge is 2.41. The molecule has 2 N–H and O–H groups in total. The second-order valence-corrected chi connectivity index (χ2v) is 9.94. The minimum atomic E-state index is -0.247. The lowest BCUT2D eigenvalue weighted by Crippen LogP contribution is -2.32. The third-order valence-electron chi connectivity index (χ3n) is 6.24. The van der Waals surface area contributed by atoms with Gasteiger partial charge in [0.1, 0.15) is 17.6 Å². The summed E-state index contributed by atoms with van der Waals surface area (Å²) in [4.78, 5) is 19.4. The molecule has 0 bridgehead atoms. The van der Waals surface area contributed by atoms with Crippen molar-refractivity contribution in [2.75, 3.05) is 11.9 Å². The van der Waals surface area contributed by atoms with Crippen LogP contribution < -0.4 is 10.6 Å². The number of nitrogens with one attached hydrogen (secondary N) is 2. The van der Waals surface area contributed by atoms with E-state index < -0.39 is 0 Å². The van der Waals surface area contributed by atoms with Gasteiger partial charge in [-0.3, -0.25) is 9.78 Å². The normalized spacial score (nSPS) is 17.2. The largest absolute Gasteiger partial charge is 0.459 e. The van der Waals surface area contributed by atoms with Crippen LogP contribution in [0.5, 0.6) is 0 Å². The van der Waals surface area contributed by atoms with Gasteiger partial charge in [-0.15, -0.1) is 0 Å². The predicted molar refractivity (Wildman–Crippen MR) is 148 cm³/mol. The van der Waals surface area contributed by atoms with E-state index in [-0.39, 0.29) is 24.4 Å². The second kappa shape index (κ2) is 10.6. The number of aromatic nitrogens is 1. The fourth-order valence-electron chi connectivity index (χ4n) is 4.38. The summed E-state index contributed by atoms with van der Waals surface area (Å²) in [7, 11) is 0. The van der Waals surface area contributed by atoms with Crippen LogP contribution in [0.1, 0.15) is 35.5 Å². The van der Waals surface area contributed by atoms with E-state index in [1.165, 1.54) is 0 Å². The maximum absolute atomic E-state index is 12.8. The fourth-order valence-corrected chi connectivity index (χ4v) is 4.98. The van der Waals surface area contributed by atoms with Gasteiger partial charge in [0.2, 0.25) is 5.91 Å². The van der Waals surface area contributed by atoms with Gasteiger partial charge < -0.3 is 20.0 Å². The molecule has 1 aliphatic rings. The first-order chi connectivity index (χ1) is 17.5. The highest BCUT2D eigenvalue weighted by molar-refractivity contribution is 9.10. The van der Waals surface area contributed by atoms with E-state index in [1.807, 2.05) is 90.7 Å². The van der Waals surface area contributed by atoms with Crippen LogP contribution in [0, 0.1) is 6.92 Å². The van der Waals surface area contributed by atoms with Crippen molar-refractivity contribution in [1.82, 2.24) is 15.2 Å². The number of carbonyl (C=O) groups is 1. The van der Waals surface area contributed by atoms with Crippen LogP contribution >= 0.6 is 28.1 Å². The van der Waals surface area contributed by atoms with Crippen molar-refractivity contribution < 1.29 is 9.21 Å². The summed E-state index contributed by atoms with van der Waals surface area (Å²) in [5, 5.41) is 6.98. The fraction of sp³-hybridized carbons (Fsp3) is 0.179. The molecule has 1 amide bonds. The molecule has 0 radical (unpaired) electrons. The van der Waals surface area contributed by atoms with Crippen molar-refractivity contribution >= 4 is 44.9 Å². The third-order valence-corrected chi connectivity index (χ3v) is 7.12. The van der Waals surface area contributed by atoms with Crippen molar-refractivity contribution in [2.45, 2.75) is 25.4 Å². The lowest BCUT2D eigenvalue weighted by atomic mass is 10.0. The number of halogens is 1. The van der Waals surface area contributed by atoms with E-state index in [1.54, 1.807) is 6.20 Å². The quantitative estimate of drug-likeness (QED) is 0.254. The Hall–Kier alpha value is -3.49. The molecule has 2 aromatic carbocycles. The first kappa shape index (κ1) is 24.2. The summed E-state index contributed by atoms with van der Waals surface area (Å²) in [5.74, 6) is 1.46. The number of hydrogen-bond acceptors (Lipinski definition) is 4. The molecule has 6 nitrogen and oxygen atoms in total. The zero-order chi connectivity index (χ0) is 25.1. The number of amides is 1. The number of para-hydroxylation sites is 1. The van der Waals surface area contributed by atoms with Crippen LogP contribution in [0.2, 0.25) is 0 Å². The summed E-state index contributed by atoms with van der Waals surface area (Å²) in [5.41, 5.74) is 3.68. The van der Waals surface area contributed by atoms with Crippen LogP contribution in [-0.4, -0.2) is 27.4 Å². The molecule has 2 atom stereocenters. The smallest absolute Gasteiger partial charge is 0.226 e. The second-order valence-electron chi connectivity index (χ2n) is 8.64. The first-order valence-electron chi connectivity index (χ1n) is 11.7. The van der Waals surface area contributed by atoms with Crippen LogP contribution in [0.15, 0.2) is 93.9 Å². The molecule has 0 saturated carbocycles. The molecule has 182 valence electrons. The zero-order valence-corrected chi connectivity index (χ0v) is 22.1. The van der Waals surface area contributed by atoms with Crippen molar-refractivity contribution in [2.24, 2.45) is 0 Å². The van der Waals surface area contributed by atoms with Crippen molar-refractivity contribution in [3.63, 3.8) is 0 Å². The van der Waals surface area contributed by atoms with Gasteiger partial charge in [0.15, 0.2) is 5.11 Å². The molecule has 5 rings (SSSR count). The number of anilines is 1. The molecule has 1 aliphatic heterocycles. The number of carbonyl (C=O) groups excluding carboxylic acids is 1. The van der Waals surface area contributed by atoms with Crippen molar-refractivity contribution in [1.29, 1.82) is 0 Å². The summed E-state index contributed by atoms with van der Waals surface area (Å²) in [6, 6.07) is 25.0. The Morgan fingerprint density at radius 3 is 2.61 bits per heavy atom. The number of aryl methyl sites for hydroxylation is 1. The Morgan fingerprint density at radius 1 is 1.08 bits per heavy atom. The molecule has 1 saturated heterocycles. The highest BCUT2D eigenvalue weighted by Crippen LogP contribution is 2.40. The Labute approximate surface area is 223 Å². The van der Waals surface area contributed by atoms with Crippen molar-refractivity contribution in [3.05, 3.63) is 107 Å². The Bertz CT molecular complexity index is 1370. The number of thiocarbonyl (C=S) groups is 1. The minimum absolute atomic E-state index is 0.0675. The highest BCUT2D eigenvalue weighted by atomic mass is 79.9. The minimum Gasteiger partial charge on any atom is -0.459 e. The van der Waals surface area contributed by atoms with Gasteiger partial charge in [0, 0.05) is 34.9 Å². The average molecular weight is 562 g/mol. The van der Waals surface area contributed by atoms with Gasteiger partial charge >= 0.3 is 0 Å². The summed E-state index contributed by atoms with van der Waals surface area (Å²) < 4.78 is 7.37. The lowest BCUT2D eigenvalue weighted by Gasteiger charge is -2.26. The SMILES string of the molecule is Cc1ccccc1NC(=O)CCN1C(=S)NC(c2ccccn2)C1c1ccc(-c2ccc(Br)cc2)o1. The predicted octanol–water partition coefficient (Wildman–Crippen LogP) is 6.41. The molecule has 2 unspecified atom stereocenters. The van der Waals surface area contributed by atoms with Gasteiger partial charge in [0.25, 0.3) is 0 Å². The standard InChI is InChI=1S/C28H25BrN4O2S/c1-18-6-2-3-7-21(18)31-25(34)15-17-33-27(26(32-28(33)36)22-8-4-5-16-30-22)24-14-13-23(35-24)19-9-11-20(29)12-10-19/h2-14,16,26-27H,15,17H2,1H3,(H,31,34)(H,32,36). The number of furan rings is 1.